The van der Waals surface area contributed by atoms with E-state index in [0.717, 1.165) is 13.0 Å². The van der Waals surface area contributed by atoms with Gasteiger partial charge in [0.15, 0.2) is 0 Å². The van der Waals surface area contributed by atoms with Gasteiger partial charge in [-0.25, -0.2) is 8.42 Å². The maximum atomic E-state index is 11.6. The fraction of sp³-hybridized carbons (Fsp3) is 1.00. The lowest BCUT2D eigenvalue weighted by Gasteiger charge is -2.28. The van der Waals surface area contributed by atoms with E-state index in [1.165, 1.54) is 19.1 Å². The number of hydrogen-bond acceptors (Lipinski definition) is 2. The molecule has 3 nitrogen and oxygen atoms in total. The van der Waals surface area contributed by atoms with E-state index in [2.05, 4.69) is 13.8 Å². The highest BCUT2D eigenvalue weighted by molar-refractivity contribution is 7.88. The molecule has 1 fully saturated rings. The van der Waals surface area contributed by atoms with E-state index in [4.69, 9.17) is 0 Å². The van der Waals surface area contributed by atoms with Gasteiger partial charge in [-0.2, -0.15) is 4.31 Å². The molecule has 0 unspecified atom stereocenters. The Balaban J connectivity index is 2.61. The molecule has 1 aliphatic carbocycles. The highest BCUT2D eigenvalue weighted by Gasteiger charge is 2.31. The van der Waals surface area contributed by atoms with Crippen LogP contribution in [0.3, 0.4) is 0 Å². The molecule has 1 atom stereocenters. The lowest BCUT2D eigenvalue weighted by atomic mass is 10.1. The molecule has 0 saturated heterocycles. The predicted molar refractivity (Wildman–Crippen MR) is 63.2 cm³/mol. The first-order valence-electron chi connectivity index (χ1n) is 5.77. The summed E-state index contributed by atoms with van der Waals surface area (Å²) in [6.07, 6.45) is 4.66. The van der Waals surface area contributed by atoms with Crippen molar-refractivity contribution in [2.75, 3.05) is 12.8 Å². The van der Waals surface area contributed by atoms with Gasteiger partial charge in [0.25, 0.3) is 0 Å². The molecule has 0 N–H and O–H groups in total. The van der Waals surface area contributed by atoms with E-state index in [0.29, 0.717) is 11.8 Å². The molecule has 0 aliphatic heterocycles. The van der Waals surface area contributed by atoms with Crippen LogP contribution in [0.4, 0.5) is 0 Å². The Hall–Kier alpha value is -0.0900. The molecule has 0 amide bonds. The molecule has 1 saturated carbocycles. The van der Waals surface area contributed by atoms with Crippen LogP contribution in [0.15, 0.2) is 0 Å². The minimum absolute atomic E-state index is 0.139. The predicted octanol–water partition coefficient (Wildman–Crippen LogP) is 2.09. The SMILES string of the molecule is CC(C)C[C@H](C)N(CC1CC1)S(C)(=O)=O. The molecule has 0 aromatic carbocycles. The van der Waals surface area contributed by atoms with Crippen molar-refractivity contribution in [3.63, 3.8) is 0 Å². The third-order valence-corrected chi connectivity index (χ3v) is 4.23. The Morgan fingerprint density at radius 1 is 1.27 bits per heavy atom. The average Bonchev–Trinajstić information content (AvgIpc) is 2.78. The quantitative estimate of drug-likeness (QED) is 0.704. The van der Waals surface area contributed by atoms with E-state index >= 15 is 0 Å². The second-order valence-corrected chi connectivity index (χ2v) is 7.19. The molecule has 0 aromatic heterocycles. The van der Waals surface area contributed by atoms with Gasteiger partial charge < -0.3 is 0 Å². The van der Waals surface area contributed by atoms with Crippen molar-refractivity contribution in [3.05, 3.63) is 0 Å². The van der Waals surface area contributed by atoms with E-state index < -0.39 is 10.0 Å². The summed E-state index contributed by atoms with van der Waals surface area (Å²) in [5, 5.41) is 0. The summed E-state index contributed by atoms with van der Waals surface area (Å²) in [4.78, 5) is 0. The smallest absolute Gasteiger partial charge is 0.211 e. The molecule has 0 heterocycles. The maximum absolute atomic E-state index is 11.6. The molecule has 1 rings (SSSR count). The molecule has 0 spiro atoms. The number of rotatable bonds is 6. The Morgan fingerprint density at radius 3 is 2.13 bits per heavy atom. The highest BCUT2D eigenvalue weighted by atomic mass is 32.2. The van der Waals surface area contributed by atoms with Crippen molar-refractivity contribution in [3.8, 4) is 0 Å². The molecule has 90 valence electrons. The summed E-state index contributed by atoms with van der Waals surface area (Å²) < 4.78 is 25.0. The van der Waals surface area contributed by atoms with Crippen molar-refractivity contribution in [2.45, 2.75) is 46.1 Å². The first kappa shape index (κ1) is 13.0. The van der Waals surface area contributed by atoms with Crippen LogP contribution >= 0.6 is 0 Å². The van der Waals surface area contributed by atoms with Crippen LogP contribution < -0.4 is 0 Å². The van der Waals surface area contributed by atoms with Crippen LogP contribution in [0.1, 0.15) is 40.0 Å². The number of nitrogens with zero attached hydrogens (tertiary/aromatic N) is 1. The first-order chi connectivity index (χ1) is 6.80. The summed E-state index contributed by atoms with van der Waals surface area (Å²) in [5.74, 6) is 1.16. The molecule has 0 aromatic rings. The molecule has 0 bridgehead atoms. The minimum atomic E-state index is -3.03. The standard InChI is InChI=1S/C11H23NO2S/c1-9(2)7-10(3)12(15(4,13)14)8-11-5-6-11/h9-11H,5-8H2,1-4H3/t10-/m0/s1. The Bertz CT molecular complexity index is 294. The van der Waals surface area contributed by atoms with Gasteiger partial charge in [0.05, 0.1) is 6.26 Å². The Labute approximate surface area is 93.9 Å². The highest BCUT2D eigenvalue weighted by Crippen LogP contribution is 2.31. The Kier molecular flexibility index (Phi) is 4.18. The van der Waals surface area contributed by atoms with E-state index in [9.17, 15) is 8.42 Å². The van der Waals surface area contributed by atoms with Crippen LogP contribution in [0, 0.1) is 11.8 Å². The minimum Gasteiger partial charge on any atom is -0.212 e. The van der Waals surface area contributed by atoms with E-state index in [-0.39, 0.29) is 6.04 Å². The molecule has 15 heavy (non-hydrogen) atoms. The number of hydrogen-bond donors (Lipinski definition) is 0. The van der Waals surface area contributed by atoms with Crippen molar-refractivity contribution >= 4 is 10.0 Å². The third-order valence-electron chi connectivity index (χ3n) is 2.87. The van der Waals surface area contributed by atoms with Gasteiger partial charge in [-0.15, -0.1) is 0 Å². The molecule has 0 radical (unpaired) electrons. The van der Waals surface area contributed by atoms with Crippen molar-refractivity contribution in [1.82, 2.24) is 4.31 Å². The normalized spacial score (nSPS) is 19.9. The molecule has 1 aliphatic rings. The molecular formula is C11H23NO2S. The fourth-order valence-electron chi connectivity index (χ4n) is 2.00. The van der Waals surface area contributed by atoms with Gasteiger partial charge in [0.2, 0.25) is 10.0 Å². The van der Waals surface area contributed by atoms with Gasteiger partial charge in [-0.3, -0.25) is 0 Å². The molecule has 4 heteroatoms. The first-order valence-corrected chi connectivity index (χ1v) is 7.62. The summed E-state index contributed by atoms with van der Waals surface area (Å²) in [6.45, 7) is 7.01. The zero-order valence-electron chi connectivity index (χ0n) is 10.2. The fourth-order valence-corrected chi connectivity index (χ4v) is 3.22. The van der Waals surface area contributed by atoms with Gasteiger partial charge >= 0.3 is 0 Å². The summed E-state index contributed by atoms with van der Waals surface area (Å²) in [7, 11) is -3.03. The number of sulfonamides is 1. The molecular weight excluding hydrogens is 210 g/mol. The zero-order chi connectivity index (χ0) is 11.6. The van der Waals surface area contributed by atoms with Crippen molar-refractivity contribution < 1.29 is 8.42 Å². The second kappa shape index (κ2) is 4.83. The van der Waals surface area contributed by atoms with Gasteiger partial charge in [-0.05, 0) is 38.0 Å². The van der Waals surface area contributed by atoms with Crippen LogP contribution in [0.2, 0.25) is 0 Å². The summed E-state index contributed by atoms with van der Waals surface area (Å²) in [5.41, 5.74) is 0. The van der Waals surface area contributed by atoms with E-state index in [1.54, 1.807) is 4.31 Å². The topological polar surface area (TPSA) is 37.4 Å². The van der Waals surface area contributed by atoms with Crippen LogP contribution in [-0.4, -0.2) is 31.6 Å². The van der Waals surface area contributed by atoms with Crippen LogP contribution in [-0.2, 0) is 10.0 Å². The van der Waals surface area contributed by atoms with Crippen molar-refractivity contribution in [2.24, 2.45) is 11.8 Å². The zero-order valence-corrected chi connectivity index (χ0v) is 11.0. The second-order valence-electron chi connectivity index (χ2n) is 5.25. The summed E-state index contributed by atoms with van der Waals surface area (Å²) >= 11 is 0. The average molecular weight is 233 g/mol. The largest absolute Gasteiger partial charge is 0.212 e. The maximum Gasteiger partial charge on any atom is 0.211 e. The third kappa shape index (κ3) is 4.51. The van der Waals surface area contributed by atoms with E-state index in [1.807, 2.05) is 6.92 Å². The van der Waals surface area contributed by atoms with Crippen LogP contribution in [0.5, 0.6) is 0 Å². The van der Waals surface area contributed by atoms with Gasteiger partial charge in [0.1, 0.15) is 0 Å². The Morgan fingerprint density at radius 2 is 1.80 bits per heavy atom. The van der Waals surface area contributed by atoms with Gasteiger partial charge in [-0.1, -0.05) is 13.8 Å². The van der Waals surface area contributed by atoms with Crippen molar-refractivity contribution in [1.29, 1.82) is 0 Å². The summed E-state index contributed by atoms with van der Waals surface area (Å²) in [6, 6.07) is 0.139. The monoisotopic (exact) mass is 233 g/mol. The van der Waals surface area contributed by atoms with Crippen LogP contribution in [0.25, 0.3) is 0 Å². The van der Waals surface area contributed by atoms with Gasteiger partial charge in [0, 0.05) is 12.6 Å². The lowest BCUT2D eigenvalue weighted by molar-refractivity contribution is 0.290. The lowest BCUT2D eigenvalue weighted by Crippen LogP contribution is -2.40.